The Morgan fingerprint density at radius 1 is 1.75 bits per heavy atom. The molecule has 0 saturated carbocycles. The summed E-state index contributed by atoms with van der Waals surface area (Å²) in [4.78, 5) is 0. The first-order valence-corrected chi connectivity index (χ1v) is 4.15. The Morgan fingerprint density at radius 2 is 2.58 bits per heavy atom. The van der Waals surface area contributed by atoms with Gasteiger partial charge in [0.25, 0.3) is 0 Å². The van der Waals surface area contributed by atoms with Crippen molar-refractivity contribution in [3.8, 4) is 5.88 Å². The predicted octanol–water partition coefficient (Wildman–Crippen LogP) is 1.70. The van der Waals surface area contributed by atoms with Crippen LogP contribution in [0.25, 0.3) is 5.57 Å². The molecule has 1 aliphatic rings. The largest absolute Gasteiger partial charge is 0.475 e. The zero-order valence-corrected chi connectivity index (χ0v) is 7.37. The van der Waals surface area contributed by atoms with Gasteiger partial charge in [-0.05, 0) is 19.4 Å². The SMILES string of the molecule is C/C=C(\C)c1cnn2c1OCC2. The van der Waals surface area contributed by atoms with E-state index >= 15 is 0 Å². The molecule has 0 radical (unpaired) electrons. The fourth-order valence-electron chi connectivity index (χ4n) is 1.34. The fraction of sp³-hybridized carbons (Fsp3) is 0.444. The average molecular weight is 164 g/mol. The van der Waals surface area contributed by atoms with Crippen LogP contribution in [0.4, 0.5) is 0 Å². The molecule has 2 heterocycles. The number of nitrogens with zero attached hydrogens (tertiary/aromatic N) is 2. The second-order valence-corrected chi connectivity index (χ2v) is 2.91. The molecule has 1 aromatic heterocycles. The van der Waals surface area contributed by atoms with Gasteiger partial charge in [0.1, 0.15) is 6.61 Å². The van der Waals surface area contributed by atoms with Crippen LogP contribution in [0.5, 0.6) is 5.88 Å². The number of fused-ring (bicyclic) bond motifs is 1. The molecule has 0 spiro atoms. The second-order valence-electron chi connectivity index (χ2n) is 2.91. The van der Waals surface area contributed by atoms with Gasteiger partial charge in [0.2, 0.25) is 5.88 Å². The van der Waals surface area contributed by atoms with Crippen molar-refractivity contribution in [2.45, 2.75) is 20.4 Å². The molecule has 0 N–H and O–H groups in total. The van der Waals surface area contributed by atoms with Crippen LogP contribution in [0.1, 0.15) is 19.4 Å². The van der Waals surface area contributed by atoms with Crippen LogP contribution in [-0.4, -0.2) is 16.4 Å². The highest BCUT2D eigenvalue weighted by Gasteiger charge is 2.17. The van der Waals surface area contributed by atoms with E-state index in [1.807, 2.05) is 17.8 Å². The highest BCUT2D eigenvalue weighted by Crippen LogP contribution is 2.28. The van der Waals surface area contributed by atoms with Crippen molar-refractivity contribution in [3.63, 3.8) is 0 Å². The van der Waals surface area contributed by atoms with Crippen molar-refractivity contribution in [1.29, 1.82) is 0 Å². The highest BCUT2D eigenvalue weighted by molar-refractivity contribution is 5.67. The summed E-state index contributed by atoms with van der Waals surface area (Å²) in [6.07, 6.45) is 3.93. The molecule has 2 rings (SSSR count). The lowest BCUT2D eigenvalue weighted by atomic mass is 10.1. The minimum Gasteiger partial charge on any atom is -0.475 e. The van der Waals surface area contributed by atoms with Crippen LogP contribution < -0.4 is 4.74 Å². The maximum absolute atomic E-state index is 5.45. The van der Waals surface area contributed by atoms with Gasteiger partial charge in [-0.25, -0.2) is 4.68 Å². The number of aromatic nitrogens is 2. The van der Waals surface area contributed by atoms with Gasteiger partial charge < -0.3 is 4.74 Å². The van der Waals surface area contributed by atoms with Gasteiger partial charge in [-0.2, -0.15) is 5.10 Å². The summed E-state index contributed by atoms with van der Waals surface area (Å²) < 4.78 is 7.36. The molecule has 0 bridgehead atoms. The summed E-state index contributed by atoms with van der Waals surface area (Å²) >= 11 is 0. The van der Waals surface area contributed by atoms with Crippen molar-refractivity contribution < 1.29 is 4.74 Å². The molecule has 0 aliphatic carbocycles. The normalized spacial score (nSPS) is 16.0. The summed E-state index contributed by atoms with van der Waals surface area (Å²) in [6.45, 7) is 5.73. The monoisotopic (exact) mass is 164 g/mol. The molecule has 1 aliphatic heterocycles. The van der Waals surface area contributed by atoms with Crippen LogP contribution in [-0.2, 0) is 6.54 Å². The summed E-state index contributed by atoms with van der Waals surface area (Å²) in [5, 5.41) is 4.22. The maximum atomic E-state index is 5.45. The molecule has 64 valence electrons. The molecule has 0 unspecified atom stereocenters. The Bertz CT molecular complexity index is 325. The summed E-state index contributed by atoms with van der Waals surface area (Å²) in [5.74, 6) is 0.922. The minimum atomic E-state index is 0.757. The molecule has 0 amide bonds. The third-order valence-corrected chi connectivity index (χ3v) is 2.19. The molecule has 0 atom stereocenters. The molecule has 1 aromatic rings. The molecule has 0 aromatic carbocycles. The number of allylic oxidation sites excluding steroid dienone is 2. The summed E-state index contributed by atoms with van der Waals surface area (Å²) in [7, 11) is 0. The Labute approximate surface area is 71.6 Å². The smallest absolute Gasteiger partial charge is 0.219 e. The molecule has 0 saturated heterocycles. The van der Waals surface area contributed by atoms with Crippen LogP contribution in [0.2, 0.25) is 0 Å². The first kappa shape index (κ1) is 7.40. The van der Waals surface area contributed by atoms with Gasteiger partial charge in [0.05, 0.1) is 18.3 Å². The lowest BCUT2D eigenvalue weighted by Crippen LogP contribution is -1.93. The Kier molecular flexibility index (Phi) is 1.64. The molecule has 3 nitrogen and oxygen atoms in total. The van der Waals surface area contributed by atoms with E-state index in [9.17, 15) is 0 Å². The fourth-order valence-corrected chi connectivity index (χ4v) is 1.34. The van der Waals surface area contributed by atoms with Crippen molar-refractivity contribution >= 4 is 5.57 Å². The lowest BCUT2D eigenvalue weighted by Gasteiger charge is -1.98. The van der Waals surface area contributed by atoms with Crippen LogP contribution in [0.15, 0.2) is 12.3 Å². The van der Waals surface area contributed by atoms with Crippen molar-refractivity contribution in [1.82, 2.24) is 9.78 Å². The third-order valence-electron chi connectivity index (χ3n) is 2.19. The van der Waals surface area contributed by atoms with E-state index in [-0.39, 0.29) is 0 Å². The van der Waals surface area contributed by atoms with Gasteiger partial charge in [-0.15, -0.1) is 0 Å². The number of ether oxygens (including phenoxy) is 1. The van der Waals surface area contributed by atoms with E-state index in [0.29, 0.717) is 0 Å². The zero-order valence-electron chi connectivity index (χ0n) is 7.37. The van der Waals surface area contributed by atoms with Gasteiger partial charge >= 0.3 is 0 Å². The van der Waals surface area contributed by atoms with Gasteiger partial charge in [-0.1, -0.05) is 6.08 Å². The molecule has 3 heteroatoms. The lowest BCUT2D eigenvalue weighted by molar-refractivity contribution is 0.356. The first-order chi connectivity index (χ1) is 5.83. The van der Waals surface area contributed by atoms with Gasteiger partial charge in [-0.3, -0.25) is 0 Å². The number of hydrogen-bond donors (Lipinski definition) is 0. The molecule has 12 heavy (non-hydrogen) atoms. The van der Waals surface area contributed by atoms with Crippen LogP contribution >= 0.6 is 0 Å². The standard InChI is InChI=1S/C9H12N2O/c1-3-7(2)8-6-10-11-4-5-12-9(8)11/h3,6H,4-5H2,1-2H3/b7-3+. The summed E-state index contributed by atoms with van der Waals surface area (Å²) in [6, 6.07) is 0. The average Bonchev–Trinajstić information content (AvgIpc) is 2.62. The van der Waals surface area contributed by atoms with E-state index in [1.165, 1.54) is 5.57 Å². The summed E-state index contributed by atoms with van der Waals surface area (Å²) in [5.41, 5.74) is 2.34. The van der Waals surface area contributed by atoms with Crippen LogP contribution in [0.3, 0.4) is 0 Å². The predicted molar refractivity (Wildman–Crippen MR) is 47.0 cm³/mol. The second kappa shape index (κ2) is 2.66. The maximum Gasteiger partial charge on any atom is 0.219 e. The quantitative estimate of drug-likeness (QED) is 0.631. The number of rotatable bonds is 1. The highest BCUT2D eigenvalue weighted by atomic mass is 16.5. The van der Waals surface area contributed by atoms with Gasteiger partial charge in [0, 0.05) is 0 Å². The van der Waals surface area contributed by atoms with Crippen molar-refractivity contribution in [2.75, 3.05) is 6.61 Å². The molecular formula is C9H12N2O. The Balaban J connectivity index is 2.46. The topological polar surface area (TPSA) is 27.1 Å². The molecular weight excluding hydrogens is 152 g/mol. The van der Waals surface area contributed by atoms with E-state index in [0.717, 1.165) is 24.6 Å². The van der Waals surface area contributed by atoms with E-state index in [2.05, 4.69) is 18.1 Å². The van der Waals surface area contributed by atoms with Crippen molar-refractivity contribution in [2.24, 2.45) is 0 Å². The van der Waals surface area contributed by atoms with E-state index in [4.69, 9.17) is 4.74 Å². The van der Waals surface area contributed by atoms with E-state index < -0.39 is 0 Å². The Morgan fingerprint density at radius 3 is 3.33 bits per heavy atom. The van der Waals surface area contributed by atoms with Gasteiger partial charge in [0.15, 0.2) is 0 Å². The van der Waals surface area contributed by atoms with Crippen molar-refractivity contribution in [3.05, 3.63) is 17.8 Å². The zero-order chi connectivity index (χ0) is 8.55. The third kappa shape index (κ3) is 0.932. The van der Waals surface area contributed by atoms with Crippen LogP contribution in [0, 0.1) is 0 Å². The van der Waals surface area contributed by atoms with E-state index in [1.54, 1.807) is 0 Å². The molecule has 0 fully saturated rings. The first-order valence-electron chi connectivity index (χ1n) is 4.15. The Hall–Kier alpha value is -1.25. The minimum absolute atomic E-state index is 0.757. The number of hydrogen-bond acceptors (Lipinski definition) is 2.